The van der Waals surface area contributed by atoms with Gasteiger partial charge in [-0.2, -0.15) is 0 Å². The predicted octanol–water partition coefficient (Wildman–Crippen LogP) is 3.47. The maximum absolute atomic E-state index is 5.36. The van der Waals surface area contributed by atoms with Gasteiger partial charge in [-0.3, -0.25) is 0 Å². The first-order chi connectivity index (χ1) is 6.24. The molecule has 0 spiro atoms. The minimum Gasteiger partial charge on any atom is -0.381 e. The van der Waals surface area contributed by atoms with Crippen LogP contribution in [0.3, 0.4) is 0 Å². The van der Waals surface area contributed by atoms with Gasteiger partial charge >= 0.3 is 0 Å². The lowest BCUT2D eigenvalue weighted by atomic mass is 9.84. The summed E-state index contributed by atoms with van der Waals surface area (Å²) in [7, 11) is 0. The molecule has 78 valence electrons. The van der Waals surface area contributed by atoms with Crippen molar-refractivity contribution in [1.29, 1.82) is 0 Å². The fraction of sp³-hybridized carbons (Fsp3) is 1.00. The molecule has 1 heterocycles. The number of rotatable bonds is 4. The van der Waals surface area contributed by atoms with Gasteiger partial charge in [-0.05, 0) is 37.0 Å². The molecule has 0 N–H and O–H groups in total. The average molecular weight is 249 g/mol. The Bertz CT molecular complexity index is 130. The Labute approximate surface area is 90.4 Å². The molecule has 0 aromatic rings. The van der Waals surface area contributed by atoms with Gasteiger partial charge in [-0.25, -0.2) is 0 Å². The summed E-state index contributed by atoms with van der Waals surface area (Å²) >= 11 is 3.61. The van der Waals surface area contributed by atoms with Crippen LogP contribution in [0.4, 0.5) is 0 Å². The first kappa shape index (κ1) is 11.5. The lowest BCUT2D eigenvalue weighted by molar-refractivity contribution is 0.0573. The van der Waals surface area contributed by atoms with Crippen LogP contribution in [-0.2, 0) is 4.74 Å². The van der Waals surface area contributed by atoms with E-state index in [9.17, 15) is 0 Å². The molecule has 1 saturated heterocycles. The molecule has 0 bridgehead atoms. The van der Waals surface area contributed by atoms with Gasteiger partial charge in [0.25, 0.3) is 0 Å². The van der Waals surface area contributed by atoms with Gasteiger partial charge in [0.15, 0.2) is 0 Å². The Hall–Kier alpha value is 0.440. The van der Waals surface area contributed by atoms with Crippen LogP contribution in [0.25, 0.3) is 0 Å². The second-order valence-corrected chi connectivity index (χ2v) is 5.10. The van der Waals surface area contributed by atoms with E-state index in [4.69, 9.17) is 4.74 Å². The fourth-order valence-corrected chi connectivity index (χ4v) is 2.94. The highest BCUT2D eigenvalue weighted by Gasteiger charge is 2.20. The third-order valence-corrected chi connectivity index (χ3v) is 3.95. The first-order valence-electron chi connectivity index (χ1n) is 5.37. The third-order valence-electron chi connectivity index (χ3n) is 3.12. The highest BCUT2D eigenvalue weighted by Crippen LogP contribution is 2.28. The van der Waals surface area contributed by atoms with Crippen LogP contribution >= 0.6 is 15.9 Å². The molecule has 1 rings (SSSR count). The van der Waals surface area contributed by atoms with Crippen molar-refractivity contribution in [3.05, 3.63) is 0 Å². The highest BCUT2D eigenvalue weighted by atomic mass is 79.9. The van der Waals surface area contributed by atoms with Crippen LogP contribution < -0.4 is 0 Å². The summed E-state index contributed by atoms with van der Waals surface area (Å²) in [5, 5.41) is 1.15. The number of alkyl halides is 1. The van der Waals surface area contributed by atoms with Crippen LogP contribution in [0, 0.1) is 17.8 Å². The Morgan fingerprint density at radius 3 is 2.38 bits per heavy atom. The zero-order valence-corrected chi connectivity index (χ0v) is 10.3. The standard InChI is InChI=1S/C11H21BrO/c1-9(2)11(8-12)7-10-3-5-13-6-4-10/h9-11H,3-8H2,1-2H3. The second-order valence-electron chi connectivity index (χ2n) is 4.45. The van der Waals surface area contributed by atoms with E-state index in [0.717, 1.165) is 36.3 Å². The van der Waals surface area contributed by atoms with Gasteiger partial charge < -0.3 is 4.74 Å². The SMILES string of the molecule is CC(C)C(CBr)CC1CCOCC1. The van der Waals surface area contributed by atoms with E-state index in [1.165, 1.54) is 19.3 Å². The van der Waals surface area contributed by atoms with Gasteiger partial charge in [0.05, 0.1) is 0 Å². The third kappa shape index (κ3) is 3.99. The molecule has 2 heteroatoms. The van der Waals surface area contributed by atoms with Crippen molar-refractivity contribution in [1.82, 2.24) is 0 Å². The van der Waals surface area contributed by atoms with E-state index in [2.05, 4.69) is 29.8 Å². The van der Waals surface area contributed by atoms with E-state index in [1.54, 1.807) is 0 Å². The first-order valence-corrected chi connectivity index (χ1v) is 6.50. The molecular formula is C11H21BrO. The summed E-state index contributed by atoms with van der Waals surface area (Å²) in [4.78, 5) is 0. The molecule has 0 saturated carbocycles. The van der Waals surface area contributed by atoms with Gasteiger partial charge in [-0.15, -0.1) is 0 Å². The van der Waals surface area contributed by atoms with E-state index >= 15 is 0 Å². The molecule has 1 fully saturated rings. The van der Waals surface area contributed by atoms with E-state index in [1.807, 2.05) is 0 Å². The molecule has 1 atom stereocenters. The van der Waals surface area contributed by atoms with Gasteiger partial charge in [-0.1, -0.05) is 29.8 Å². The monoisotopic (exact) mass is 248 g/mol. The Morgan fingerprint density at radius 2 is 1.92 bits per heavy atom. The van der Waals surface area contributed by atoms with Crippen molar-refractivity contribution in [2.45, 2.75) is 33.1 Å². The molecule has 1 aliphatic heterocycles. The summed E-state index contributed by atoms with van der Waals surface area (Å²) < 4.78 is 5.36. The molecule has 0 amide bonds. The van der Waals surface area contributed by atoms with Crippen molar-refractivity contribution in [2.75, 3.05) is 18.5 Å². The predicted molar refractivity (Wildman–Crippen MR) is 60.3 cm³/mol. The van der Waals surface area contributed by atoms with Crippen LogP contribution in [0.1, 0.15) is 33.1 Å². The quantitative estimate of drug-likeness (QED) is 0.693. The Kier molecular flexibility index (Phi) is 5.34. The maximum Gasteiger partial charge on any atom is 0.0468 e. The second kappa shape index (κ2) is 6.02. The summed E-state index contributed by atoms with van der Waals surface area (Å²) in [5.41, 5.74) is 0. The topological polar surface area (TPSA) is 9.23 Å². The molecule has 0 radical (unpaired) electrons. The zero-order chi connectivity index (χ0) is 9.68. The lowest BCUT2D eigenvalue weighted by Gasteiger charge is -2.27. The minimum atomic E-state index is 0.808. The van der Waals surface area contributed by atoms with Crippen molar-refractivity contribution >= 4 is 15.9 Å². The number of halogens is 1. The number of ether oxygens (including phenoxy) is 1. The van der Waals surface area contributed by atoms with Crippen LogP contribution in [-0.4, -0.2) is 18.5 Å². The van der Waals surface area contributed by atoms with Crippen molar-refractivity contribution < 1.29 is 4.74 Å². The maximum atomic E-state index is 5.36. The van der Waals surface area contributed by atoms with Crippen molar-refractivity contribution in [3.63, 3.8) is 0 Å². The minimum absolute atomic E-state index is 0.808. The van der Waals surface area contributed by atoms with Crippen LogP contribution in [0.15, 0.2) is 0 Å². The fourth-order valence-electron chi connectivity index (χ4n) is 1.92. The van der Waals surface area contributed by atoms with Crippen molar-refractivity contribution in [2.24, 2.45) is 17.8 Å². The summed E-state index contributed by atoms with van der Waals surface area (Å²) in [6, 6.07) is 0. The molecule has 1 aliphatic rings. The zero-order valence-electron chi connectivity index (χ0n) is 8.76. The summed E-state index contributed by atoms with van der Waals surface area (Å²) in [5.74, 6) is 2.57. The van der Waals surface area contributed by atoms with E-state index in [0.29, 0.717) is 0 Å². The van der Waals surface area contributed by atoms with Gasteiger partial charge in [0.1, 0.15) is 0 Å². The Balaban J connectivity index is 2.27. The van der Waals surface area contributed by atoms with Gasteiger partial charge in [0.2, 0.25) is 0 Å². The molecule has 1 nitrogen and oxygen atoms in total. The molecule has 0 aliphatic carbocycles. The van der Waals surface area contributed by atoms with Gasteiger partial charge in [0, 0.05) is 18.5 Å². The normalized spacial score (nSPS) is 22.2. The molecule has 1 unspecified atom stereocenters. The van der Waals surface area contributed by atoms with Crippen LogP contribution in [0.2, 0.25) is 0 Å². The largest absolute Gasteiger partial charge is 0.381 e. The summed E-state index contributed by atoms with van der Waals surface area (Å²) in [6.07, 6.45) is 3.93. The molecular weight excluding hydrogens is 228 g/mol. The molecule has 13 heavy (non-hydrogen) atoms. The lowest BCUT2D eigenvalue weighted by Crippen LogP contribution is -2.21. The molecule has 0 aromatic heterocycles. The number of hydrogen-bond donors (Lipinski definition) is 0. The number of hydrogen-bond acceptors (Lipinski definition) is 1. The van der Waals surface area contributed by atoms with Crippen LogP contribution in [0.5, 0.6) is 0 Å². The summed E-state index contributed by atoms with van der Waals surface area (Å²) in [6.45, 7) is 6.62. The highest BCUT2D eigenvalue weighted by molar-refractivity contribution is 9.09. The average Bonchev–Trinajstić information content (AvgIpc) is 2.15. The Morgan fingerprint density at radius 1 is 1.31 bits per heavy atom. The van der Waals surface area contributed by atoms with E-state index < -0.39 is 0 Å². The smallest absolute Gasteiger partial charge is 0.0468 e. The van der Waals surface area contributed by atoms with E-state index in [-0.39, 0.29) is 0 Å². The molecule has 0 aromatic carbocycles. The van der Waals surface area contributed by atoms with Crippen molar-refractivity contribution in [3.8, 4) is 0 Å².